The van der Waals surface area contributed by atoms with Crippen LogP contribution in [-0.2, 0) is 0 Å². The summed E-state index contributed by atoms with van der Waals surface area (Å²) in [6.07, 6.45) is 0. The first-order valence-corrected chi connectivity index (χ1v) is 7.04. The zero-order valence-electron chi connectivity index (χ0n) is 10.6. The minimum absolute atomic E-state index is 0.00454. The molecule has 1 aliphatic heterocycles. The lowest BCUT2D eigenvalue weighted by Crippen LogP contribution is -2.36. The Bertz CT molecular complexity index is 654. The van der Waals surface area contributed by atoms with Gasteiger partial charge in [0.15, 0.2) is 5.96 Å². The molecule has 1 heterocycles. The predicted octanol–water partition coefficient (Wildman–Crippen LogP) is 3.46. The van der Waals surface area contributed by atoms with E-state index in [1.54, 1.807) is 6.07 Å². The SMILES string of the molecule is NC1=NCC(c2ccc(Br)cc2)N1c1cccc(F)c1. The van der Waals surface area contributed by atoms with Gasteiger partial charge in [-0.15, -0.1) is 0 Å². The number of hydrogen-bond donors (Lipinski definition) is 1. The highest BCUT2D eigenvalue weighted by Gasteiger charge is 2.28. The van der Waals surface area contributed by atoms with Gasteiger partial charge < -0.3 is 10.6 Å². The van der Waals surface area contributed by atoms with Crippen LogP contribution in [0.25, 0.3) is 0 Å². The summed E-state index contributed by atoms with van der Waals surface area (Å²) < 4.78 is 14.4. The molecule has 1 atom stereocenters. The summed E-state index contributed by atoms with van der Waals surface area (Å²) in [5.41, 5.74) is 7.78. The van der Waals surface area contributed by atoms with E-state index in [1.807, 2.05) is 35.2 Å². The van der Waals surface area contributed by atoms with Gasteiger partial charge in [-0.05, 0) is 35.9 Å². The fourth-order valence-corrected chi connectivity index (χ4v) is 2.64. The predicted molar refractivity (Wildman–Crippen MR) is 82.3 cm³/mol. The molecule has 102 valence electrons. The van der Waals surface area contributed by atoms with E-state index < -0.39 is 0 Å². The van der Waals surface area contributed by atoms with E-state index >= 15 is 0 Å². The summed E-state index contributed by atoms with van der Waals surface area (Å²) in [5.74, 6) is 0.139. The summed E-state index contributed by atoms with van der Waals surface area (Å²) in [6.45, 7) is 0.573. The van der Waals surface area contributed by atoms with E-state index in [0.717, 1.165) is 15.7 Å². The molecular formula is C15H13BrFN3. The minimum Gasteiger partial charge on any atom is -0.369 e. The van der Waals surface area contributed by atoms with E-state index in [2.05, 4.69) is 20.9 Å². The molecule has 2 aromatic carbocycles. The Labute approximate surface area is 125 Å². The molecule has 0 spiro atoms. The minimum atomic E-state index is -0.281. The Kier molecular flexibility index (Phi) is 3.44. The topological polar surface area (TPSA) is 41.6 Å². The Morgan fingerprint density at radius 1 is 1.20 bits per heavy atom. The average molecular weight is 334 g/mol. The molecule has 1 unspecified atom stereocenters. The fraction of sp³-hybridized carbons (Fsp3) is 0.133. The van der Waals surface area contributed by atoms with E-state index in [-0.39, 0.29) is 11.9 Å². The van der Waals surface area contributed by atoms with Crippen LogP contribution in [0.1, 0.15) is 11.6 Å². The molecule has 0 saturated carbocycles. The van der Waals surface area contributed by atoms with Crippen LogP contribution in [0.5, 0.6) is 0 Å². The molecule has 3 rings (SSSR count). The second-order valence-corrected chi connectivity index (χ2v) is 5.53. The summed E-state index contributed by atoms with van der Waals surface area (Å²) >= 11 is 3.42. The summed E-state index contributed by atoms with van der Waals surface area (Å²) in [4.78, 5) is 6.16. The van der Waals surface area contributed by atoms with Crippen LogP contribution in [-0.4, -0.2) is 12.5 Å². The van der Waals surface area contributed by atoms with E-state index in [9.17, 15) is 4.39 Å². The number of rotatable bonds is 2. The number of nitrogens with zero attached hydrogens (tertiary/aromatic N) is 2. The first kappa shape index (κ1) is 13.1. The van der Waals surface area contributed by atoms with E-state index in [0.29, 0.717) is 12.5 Å². The van der Waals surface area contributed by atoms with Crippen molar-refractivity contribution in [1.29, 1.82) is 0 Å². The second-order valence-electron chi connectivity index (χ2n) is 4.62. The maximum absolute atomic E-state index is 13.4. The van der Waals surface area contributed by atoms with Gasteiger partial charge >= 0.3 is 0 Å². The van der Waals surface area contributed by atoms with Crippen LogP contribution < -0.4 is 10.6 Å². The Morgan fingerprint density at radius 2 is 1.95 bits per heavy atom. The smallest absolute Gasteiger partial charge is 0.196 e. The molecular weight excluding hydrogens is 321 g/mol. The number of aliphatic imine (C=N–C) groups is 1. The zero-order valence-corrected chi connectivity index (χ0v) is 12.2. The lowest BCUT2D eigenvalue weighted by atomic mass is 10.1. The molecule has 3 nitrogen and oxygen atoms in total. The van der Waals surface area contributed by atoms with Crippen LogP contribution in [0.15, 0.2) is 58.0 Å². The maximum atomic E-state index is 13.4. The van der Waals surface area contributed by atoms with E-state index in [4.69, 9.17) is 5.73 Å². The van der Waals surface area contributed by atoms with Crippen molar-refractivity contribution in [1.82, 2.24) is 0 Å². The van der Waals surface area contributed by atoms with Gasteiger partial charge in [-0.25, -0.2) is 4.39 Å². The van der Waals surface area contributed by atoms with E-state index in [1.165, 1.54) is 12.1 Å². The quantitative estimate of drug-likeness (QED) is 0.914. The standard InChI is InChI=1S/C15H13BrFN3/c16-11-6-4-10(5-7-11)14-9-19-15(18)20(14)13-3-1-2-12(17)8-13/h1-8,14H,9H2,(H2,18,19). The molecule has 0 aliphatic carbocycles. The molecule has 0 radical (unpaired) electrons. The van der Waals surface area contributed by atoms with Crippen molar-refractivity contribution in [3.05, 3.63) is 64.4 Å². The molecule has 1 aliphatic rings. The third kappa shape index (κ3) is 2.41. The third-order valence-electron chi connectivity index (χ3n) is 3.33. The molecule has 5 heteroatoms. The van der Waals surface area contributed by atoms with Crippen LogP contribution in [0.2, 0.25) is 0 Å². The zero-order chi connectivity index (χ0) is 14.1. The van der Waals surface area contributed by atoms with Crippen molar-refractivity contribution < 1.29 is 4.39 Å². The average Bonchev–Trinajstić information content (AvgIpc) is 2.81. The number of halogens is 2. The number of anilines is 1. The van der Waals surface area contributed by atoms with Gasteiger partial charge in [-0.2, -0.15) is 0 Å². The van der Waals surface area contributed by atoms with Crippen LogP contribution in [0.3, 0.4) is 0 Å². The van der Waals surface area contributed by atoms with Crippen LogP contribution >= 0.6 is 15.9 Å². The highest BCUT2D eigenvalue weighted by molar-refractivity contribution is 9.10. The van der Waals surface area contributed by atoms with Crippen molar-refractivity contribution in [2.75, 3.05) is 11.4 Å². The Balaban J connectivity index is 1.98. The van der Waals surface area contributed by atoms with Crippen molar-refractivity contribution >= 4 is 27.6 Å². The Morgan fingerprint density at radius 3 is 2.65 bits per heavy atom. The van der Waals surface area contributed by atoms with Gasteiger partial charge in [0, 0.05) is 10.2 Å². The van der Waals surface area contributed by atoms with Gasteiger partial charge in [-0.3, -0.25) is 4.99 Å². The van der Waals surface area contributed by atoms with Gasteiger partial charge in [0.2, 0.25) is 0 Å². The number of hydrogen-bond acceptors (Lipinski definition) is 3. The van der Waals surface area contributed by atoms with Crippen molar-refractivity contribution in [2.24, 2.45) is 10.7 Å². The lowest BCUT2D eigenvalue weighted by Gasteiger charge is -2.26. The summed E-state index contributed by atoms with van der Waals surface area (Å²) in [7, 11) is 0. The summed E-state index contributed by atoms with van der Waals surface area (Å²) in [6, 6.07) is 14.4. The molecule has 0 fully saturated rings. The molecule has 2 aromatic rings. The normalized spacial score (nSPS) is 18.2. The number of benzene rings is 2. The molecule has 0 aromatic heterocycles. The highest BCUT2D eigenvalue weighted by atomic mass is 79.9. The van der Waals surface area contributed by atoms with Crippen molar-refractivity contribution in [3.8, 4) is 0 Å². The first-order chi connectivity index (χ1) is 9.65. The first-order valence-electron chi connectivity index (χ1n) is 6.25. The molecule has 2 N–H and O–H groups in total. The maximum Gasteiger partial charge on any atom is 0.196 e. The molecule has 0 saturated heterocycles. The third-order valence-corrected chi connectivity index (χ3v) is 3.85. The lowest BCUT2D eigenvalue weighted by molar-refractivity contribution is 0.626. The van der Waals surface area contributed by atoms with Crippen molar-refractivity contribution in [3.63, 3.8) is 0 Å². The fourth-order valence-electron chi connectivity index (χ4n) is 2.38. The molecule has 0 bridgehead atoms. The number of guanidine groups is 1. The number of nitrogens with two attached hydrogens (primary N) is 1. The van der Waals surface area contributed by atoms with Crippen LogP contribution in [0, 0.1) is 5.82 Å². The Hall–Kier alpha value is -1.88. The largest absolute Gasteiger partial charge is 0.369 e. The molecule has 0 amide bonds. The monoisotopic (exact) mass is 333 g/mol. The van der Waals surface area contributed by atoms with Crippen LogP contribution in [0.4, 0.5) is 10.1 Å². The van der Waals surface area contributed by atoms with Gasteiger partial charge in [0.25, 0.3) is 0 Å². The second kappa shape index (κ2) is 5.25. The highest BCUT2D eigenvalue weighted by Crippen LogP contribution is 2.31. The summed E-state index contributed by atoms with van der Waals surface area (Å²) in [5, 5.41) is 0. The van der Waals surface area contributed by atoms with Gasteiger partial charge in [0.05, 0.1) is 12.6 Å². The van der Waals surface area contributed by atoms with Gasteiger partial charge in [0.1, 0.15) is 5.82 Å². The molecule has 20 heavy (non-hydrogen) atoms. The van der Waals surface area contributed by atoms with Crippen molar-refractivity contribution in [2.45, 2.75) is 6.04 Å². The van der Waals surface area contributed by atoms with Gasteiger partial charge in [-0.1, -0.05) is 34.1 Å².